The van der Waals surface area contributed by atoms with Gasteiger partial charge in [-0.2, -0.15) is 0 Å². The minimum Gasteiger partial charge on any atom is -0.408 e. The van der Waals surface area contributed by atoms with Gasteiger partial charge in [-0.3, -0.25) is 14.5 Å². The minimum atomic E-state index is -3.90. The Bertz CT molecular complexity index is 1110. The number of hydrogen-bond donors (Lipinski definition) is 2. The summed E-state index contributed by atoms with van der Waals surface area (Å²) in [6.07, 6.45) is 0. The van der Waals surface area contributed by atoms with Crippen LogP contribution in [-0.2, 0) is 10.0 Å². The zero-order chi connectivity index (χ0) is 17.5. The molecule has 2 aromatic carbocycles. The highest BCUT2D eigenvalue weighted by atomic mass is 32.2. The highest BCUT2D eigenvalue weighted by Crippen LogP contribution is 2.23. The molecule has 0 aliphatic heterocycles. The first-order chi connectivity index (χ1) is 11.3. The van der Waals surface area contributed by atoms with Crippen molar-refractivity contribution in [3.8, 4) is 0 Å². The number of aromatic nitrogens is 1. The molecular formula is C16H14N2O5S. The third kappa shape index (κ3) is 2.95. The van der Waals surface area contributed by atoms with Crippen molar-refractivity contribution < 1.29 is 17.6 Å². The molecule has 0 fully saturated rings. The lowest BCUT2D eigenvalue weighted by Gasteiger charge is -2.11. The zero-order valence-corrected chi connectivity index (χ0v) is 13.7. The van der Waals surface area contributed by atoms with E-state index in [9.17, 15) is 18.0 Å². The van der Waals surface area contributed by atoms with E-state index in [2.05, 4.69) is 9.71 Å². The molecule has 0 radical (unpaired) electrons. The maximum Gasteiger partial charge on any atom is 0.417 e. The van der Waals surface area contributed by atoms with Crippen molar-refractivity contribution in [1.82, 2.24) is 4.98 Å². The van der Waals surface area contributed by atoms with E-state index in [1.165, 1.54) is 31.2 Å². The van der Waals surface area contributed by atoms with Gasteiger partial charge in [-0.25, -0.2) is 13.2 Å². The van der Waals surface area contributed by atoms with Gasteiger partial charge < -0.3 is 4.42 Å². The van der Waals surface area contributed by atoms with Gasteiger partial charge in [-0.1, -0.05) is 12.1 Å². The average Bonchev–Trinajstić information content (AvgIpc) is 2.88. The Balaban J connectivity index is 2.02. The molecule has 0 spiro atoms. The molecule has 7 nitrogen and oxygen atoms in total. The number of sulfonamides is 1. The van der Waals surface area contributed by atoms with Gasteiger partial charge in [0.25, 0.3) is 10.0 Å². The summed E-state index contributed by atoms with van der Waals surface area (Å²) in [6.45, 7) is 3.14. The van der Waals surface area contributed by atoms with Gasteiger partial charge in [-0.05, 0) is 37.6 Å². The molecule has 2 N–H and O–H groups in total. The van der Waals surface area contributed by atoms with E-state index in [0.29, 0.717) is 22.3 Å². The topological polar surface area (TPSA) is 109 Å². The highest BCUT2D eigenvalue weighted by molar-refractivity contribution is 7.92. The van der Waals surface area contributed by atoms with E-state index in [1.807, 2.05) is 0 Å². The molecule has 1 heterocycles. The molecule has 0 unspecified atom stereocenters. The van der Waals surface area contributed by atoms with E-state index in [-0.39, 0.29) is 16.3 Å². The standard InChI is InChI=1S/C16H14N2O5S/c1-9-3-4-11(10(2)19)7-14(9)18-24(21,22)12-5-6-13-15(8-12)23-16(20)17-13/h3-8,18H,1-2H3,(H,17,20). The fraction of sp³-hybridized carbons (Fsp3) is 0.125. The number of rotatable bonds is 4. The van der Waals surface area contributed by atoms with Crippen molar-refractivity contribution in [3.63, 3.8) is 0 Å². The van der Waals surface area contributed by atoms with Crippen molar-refractivity contribution in [2.75, 3.05) is 4.72 Å². The fourth-order valence-electron chi connectivity index (χ4n) is 2.25. The second-order valence-corrected chi connectivity index (χ2v) is 7.05. The molecule has 0 atom stereocenters. The smallest absolute Gasteiger partial charge is 0.408 e. The van der Waals surface area contributed by atoms with Crippen LogP contribution in [0.4, 0.5) is 5.69 Å². The quantitative estimate of drug-likeness (QED) is 0.705. The largest absolute Gasteiger partial charge is 0.417 e. The summed E-state index contributed by atoms with van der Waals surface area (Å²) >= 11 is 0. The summed E-state index contributed by atoms with van der Waals surface area (Å²) in [5, 5.41) is 0. The van der Waals surface area contributed by atoms with E-state index in [0.717, 1.165) is 0 Å². The molecule has 0 amide bonds. The van der Waals surface area contributed by atoms with Gasteiger partial charge in [-0.15, -0.1) is 0 Å². The Morgan fingerprint density at radius 3 is 2.62 bits per heavy atom. The number of fused-ring (bicyclic) bond motifs is 1. The van der Waals surface area contributed by atoms with Crippen molar-refractivity contribution >= 4 is 32.6 Å². The molecule has 124 valence electrons. The normalized spacial score (nSPS) is 11.6. The SMILES string of the molecule is CC(=O)c1ccc(C)c(NS(=O)(=O)c2ccc3[nH]c(=O)oc3c2)c1. The number of Topliss-reactive ketones (excluding diaryl/α,β-unsaturated/α-hetero) is 1. The molecular weight excluding hydrogens is 332 g/mol. The van der Waals surface area contributed by atoms with Crippen LogP contribution in [0.3, 0.4) is 0 Å². The molecule has 1 aromatic heterocycles. The monoisotopic (exact) mass is 346 g/mol. The van der Waals surface area contributed by atoms with E-state index in [4.69, 9.17) is 4.42 Å². The number of carbonyl (C=O) groups excluding carboxylic acids is 1. The number of H-pyrrole nitrogens is 1. The van der Waals surface area contributed by atoms with Crippen LogP contribution >= 0.6 is 0 Å². The second-order valence-electron chi connectivity index (χ2n) is 5.36. The maximum absolute atomic E-state index is 12.6. The van der Waals surface area contributed by atoms with Gasteiger partial charge in [0.05, 0.1) is 16.1 Å². The molecule has 3 aromatic rings. The maximum atomic E-state index is 12.6. The summed E-state index contributed by atoms with van der Waals surface area (Å²) in [6, 6.07) is 8.87. The van der Waals surface area contributed by atoms with Gasteiger partial charge in [0.15, 0.2) is 11.4 Å². The van der Waals surface area contributed by atoms with Gasteiger partial charge in [0.1, 0.15) is 0 Å². The van der Waals surface area contributed by atoms with Crippen LogP contribution in [0.25, 0.3) is 11.1 Å². The summed E-state index contributed by atoms with van der Waals surface area (Å²) in [4.78, 5) is 25.0. The fourth-order valence-corrected chi connectivity index (χ4v) is 3.38. The molecule has 8 heteroatoms. The number of aromatic amines is 1. The predicted octanol–water partition coefficient (Wildman–Crippen LogP) is 2.43. The van der Waals surface area contributed by atoms with Gasteiger partial charge >= 0.3 is 5.76 Å². The first kappa shape index (κ1) is 16.0. The van der Waals surface area contributed by atoms with Crippen molar-refractivity contribution in [2.24, 2.45) is 0 Å². The van der Waals surface area contributed by atoms with Gasteiger partial charge in [0.2, 0.25) is 0 Å². The van der Waals surface area contributed by atoms with Crippen LogP contribution in [0.1, 0.15) is 22.8 Å². The van der Waals surface area contributed by atoms with E-state index in [1.54, 1.807) is 19.1 Å². The van der Waals surface area contributed by atoms with Crippen molar-refractivity contribution in [1.29, 1.82) is 0 Å². The third-order valence-electron chi connectivity index (χ3n) is 3.59. The van der Waals surface area contributed by atoms with Crippen LogP contribution in [0.2, 0.25) is 0 Å². The molecule has 0 aliphatic rings. The highest BCUT2D eigenvalue weighted by Gasteiger charge is 2.17. The first-order valence-electron chi connectivity index (χ1n) is 7.03. The summed E-state index contributed by atoms with van der Waals surface area (Å²) in [5.41, 5.74) is 1.97. The zero-order valence-electron chi connectivity index (χ0n) is 12.9. The number of benzene rings is 2. The Morgan fingerprint density at radius 1 is 1.17 bits per heavy atom. The Labute approximate surface area is 137 Å². The van der Waals surface area contributed by atoms with Gasteiger partial charge in [0, 0.05) is 11.6 Å². The van der Waals surface area contributed by atoms with Crippen LogP contribution in [0.5, 0.6) is 0 Å². The molecule has 0 aliphatic carbocycles. The molecule has 0 saturated carbocycles. The molecule has 24 heavy (non-hydrogen) atoms. The van der Waals surface area contributed by atoms with Crippen LogP contribution in [0, 0.1) is 6.92 Å². The van der Waals surface area contributed by atoms with E-state index < -0.39 is 15.8 Å². The Morgan fingerprint density at radius 2 is 1.92 bits per heavy atom. The van der Waals surface area contributed by atoms with Crippen LogP contribution in [0.15, 0.2) is 50.5 Å². The number of aryl methyl sites for hydroxylation is 1. The number of ketones is 1. The molecule has 3 rings (SSSR count). The summed E-state index contributed by atoms with van der Waals surface area (Å²) in [5.74, 6) is -0.816. The van der Waals surface area contributed by atoms with Crippen LogP contribution < -0.4 is 10.5 Å². The van der Waals surface area contributed by atoms with Crippen molar-refractivity contribution in [3.05, 3.63) is 58.1 Å². The number of carbonyl (C=O) groups is 1. The summed E-state index contributed by atoms with van der Waals surface area (Å²) in [7, 11) is -3.90. The van der Waals surface area contributed by atoms with Crippen molar-refractivity contribution in [2.45, 2.75) is 18.7 Å². The lowest BCUT2D eigenvalue weighted by molar-refractivity contribution is 0.101. The number of oxazole rings is 1. The predicted molar refractivity (Wildman–Crippen MR) is 88.8 cm³/mol. The Hall–Kier alpha value is -2.87. The lowest BCUT2D eigenvalue weighted by Crippen LogP contribution is -2.14. The van der Waals surface area contributed by atoms with Crippen LogP contribution in [-0.4, -0.2) is 19.2 Å². The number of nitrogens with one attached hydrogen (secondary N) is 2. The lowest BCUT2D eigenvalue weighted by atomic mass is 10.1. The minimum absolute atomic E-state index is 0.0506. The third-order valence-corrected chi connectivity index (χ3v) is 4.95. The molecule has 0 saturated heterocycles. The summed E-state index contributed by atoms with van der Waals surface area (Å²) < 4.78 is 32.5. The number of hydrogen-bond acceptors (Lipinski definition) is 5. The molecule has 0 bridgehead atoms. The Kier molecular flexibility index (Phi) is 3.76. The first-order valence-corrected chi connectivity index (χ1v) is 8.52. The van der Waals surface area contributed by atoms with E-state index >= 15 is 0 Å². The number of anilines is 1. The second kappa shape index (κ2) is 5.64. The average molecular weight is 346 g/mol.